The molecule has 2 amide bonds. The molecule has 7 nitrogen and oxygen atoms in total. The van der Waals surface area contributed by atoms with E-state index in [1.807, 2.05) is 12.1 Å². The molecule has 3 N–H and O–H groups in total. The lowest BCUT2D eigenvalue weighted by Crippen LogP contribution is -2.18. The van der Waals surface area contributed by atoms with Crippen LogP contribution in [0, 0.1) is 6.92 Å². The normalized spacial score (nSPS) is 11.0. The van der Waals surface area contributed by atoms with Crippen LogP contribution in [0.25, 0.3) is 0 Å². The third-order valence-electron chi connectivity index (χ3n) is 3.39. The number of aryl methyl sites for hydroxylation is 1. The summed E-state index contributed by atoms with van der Waals surface area (Å²) in [4.78, 5) is 24.0. The second-order valence-corrected chi connectivity index (χ2v) is 9.65. The van der Waals surface area contributed by atoms with E-state index < -0.39 is 10.0 Å². The Hall–Kier alpha value is -2.04. The van der Waals surface area contributed by atoms with Gasteiger partial charge in [0.25, 0.3) is 0 Å². The van der Waals surface area contributed by atoms with Crippen LogP contribution in [0.1, 0.15) is 5.56 Å². The topological polar surface area (TPSA) is 104 Å². The van der Waals surface area contributed by atoms with E-state index in [9.17, 15) is 18.0 Å². The Morgan fingerprint density at radius 3 is 2.18 bits per heavy atom. The standard InChI is InChI=1S/C18H20BrN3O4S2/c1-12-6-7-15(9-16(12)22-28(2,25)26)21-18(24)11-27-10-17(23)20-14-5-3-4-13(19)8-14/h3-9,22H,10-11H2,1-2H3,(H,20,23)(H,21,24). The molecule has 0 saturated carbocycles. The summed E-state index contributed by atoms with van der Waals surface area (Å²) in [6.07, 6.45) is 1.06. The number of rotatable bonds is 8. The lowest BCUT2D eigenvalue weighted by molar-refractivity contribution is -0.114. The molecule has 0 aliphatic rings. The molecule has 2 aromatic rings. The van der Waals surface area contributed by atoms with E-state index in [1.165, 1.54) is 11.8 Å². The number of thioether (sulfide) groups is 1. The van der Waals surface area contributed by atoms with Crippen molar-refractivity contribution in [1.82, 2.24) is 0 Å². The second kappa shape index (κ2) is 9.94. The summed E-state index contributed by atoms with van der Waals surface area (Å²) in [6, 6.07) is 12.2. The average molecular weight is 486 g/mol. The Morgan fingerprint density at radius 1 is 1.00 bits per heavy atom. The summed E-state index contributed by atoms with van der Waals surface area (Å²) in [7, 11) is -3.41. The van der Waals surface area contributed by atoms with Crippen LogP contribution >= 0.6 is 27.7 Å². The molecule has 2 aromatic carbocycles. The molecule has 0 heterocycles. The maximum Gasteiger partial charge on any atom is 0.234 e. The number of benzene rings is 2. The quantitative estimate of drug-likeness (QED) is 0.531. The van der Waals surface area contributed by atoms with E-state index in [2.05, 4.69) is 31.3 Å². The minimum Gasteiger partial charge on any atom is -0.325 e. The Balaban J connectivity index is 1.82. The number of amides is 2. The highest BCUT2D eigenvalue weighted by molar-refractivity contribution is 9.10. The van der Waals surface area contributed by atoms with E-state index in [4.69, 9.17) is 0 Å². The van der Waals surface area contributed by atoms with Gasteiger partial charge in [0.2, 0.25) is 21.8 Å². The number of nitrogens with one attached hydrogen (secondary N) is 3. The SMILES string of the molecule is Cc1ccc(NC(=O)CSCC(=O)Nc2cccc(Br)c2)cc1NS(C)(=O)=O. The molecule has 0 unspecified atom stereocenters. The van der Waals surface area contributed by atoms with Crippen LogP contribution in [-0.4, -0.2) is 38.0 Å². The van der Waals surface area contributed by atoms with Crippen LogP contribution in [0.15, 0.2) is 46.9 Å². The number of anilines is 3. The fourth-order valence-electron chi connectivity index (χ4n) is 2.21. The van der Waals surface area contributed by atoms with Gasteiger partial charge in [-0.15, -0.1) is 11.8 Å². The van der Waals surface area contributed by atoms with Crippen molar-refractivity contribution in [2.75, 3.05) is 33.1 Å². The summed E-state index contributed by atoms with van der Waals surface area (Å²) < 4.78 is 26.1. The van der Waals surface area contributed by atoms with E-state index in [-0.39, 0.29) is 23.3 Å². The number of sulfonamides is 1. The van der Waals surface area contributed by atoms with Gasteiger partial charge >= 0.3 is 0 Å². The van der Waals surface area contributed by atoms with Crippen LogP contribution < -0.4 is 15.4 Å². The highest BCUT2D eigenvalue weighted by Gasteiger charge is 2.10. The van der Waals surface area contributed by atoms with Crippen LogP contribution in [0.2, 0.25) is 0 Å². The number of carbonyl (C=O) groups excluding carboxylic acids is 2. The van der Waals surface area contributed by atoms with Crippen molar-refractivity contribution in [3.05, 3.63) is 52.5 Å². The van der Waals surface area contributed by atoms with Gasteiger partial charge in [-0.3, -0.25) is 14.3 Å². The zero-order valence-corrected chi connectivity index (χ0v) is 18.5. The molecule has 0 saturated heterocycles. The first-order valence-electron chi connectivity index (χ1n) is 8.14. The van der Waals surface area contributed by atoms with Gasteiger partial charge < -0.3 is 10.6 Å². The van der Waals surface area contributed by atoms with Crippen LogP contribution in [0.3, 0.4) is 0 Å². The van der Waals surface area contributed by atoms with Crippen molar-refractivity contribution >= 4 is 66.6 Å². The van der Waals surface area contributed by atoms with Crippen LogP contribution in [0.4, 0.5) is 17.1 Å². The molecule has 28 heavy (non-hydrogen) atoms. The molecule has 0 aliphatic carbocycles. The van der Waals surface area contributed by atoms with E-state index >= 15 is 0 Å². The van der Waals surface area contributed by atoms with Crippen molar-refractivity contribution in [1.29, 1.82) is 0 Å². The van der Waals surface area contributed by atoms with Crippen molar-refractivity contribution in [3.8, 4) is 0 Å². The monoisotopic (exact) mass is 485 g/mol. The zero-order chi connectivity index (χ0) is 20.7. The fourth-order valence-corrected chi connectivity index (χ4v) is 3.84. The first-order valence-corrected chi connectivity index (χ1v) is 12.0. The first-order chi connectivity index (χ1) is 13.1. The predicted molar refractivity (Wildman–Crippen MR) is 118 cm³/mol. The van der Waals surface area contributed by atoms with Gasteiger partial charge in [0.1, 0.15) is 0 Å². The summed E-state index contributed by atoms with van der Waals surface area (Å²) in [5.41, 5.74) is 2.29. The Kier molecular flexibility index (Phi) is 7.90. The minimum absolute atomic E-state index is 0.0919. The Bertz CT molecular complexity index is 981. The van der Waals surface area contributed by atoms with Crippen LogP contribution in [0.5, 0.6) is 0 Å². The summed E-state index contributed by atoms with van der Waals surface area (Å²) in [5, 5.41) is 5.45. The molecule has 0 radical (unpaired) electrons. The maximum absolute atomic E-state index is 12.1. The zero-order valence-electron chi connectivity index (χ0n) is 15.3. The Labute approximate surface area is 176 Å². The average Bonchev–Trinajstić information content (AvgIpc) is 2.56. The molecular formula is C18H20BrN3O4S2. The number of halogens is 1. The lowest BCUT2D eigenvalue weighted by atomic mass is 10.2. The number of hydrogen-bond donors (Lipinski definition) is 3. The van der Waals surface area contributed by atoms with Gasteiger partial charge in [-0.05, 0) is 42.8 Å². The first kappa shape index (κ1) is 22.3. The van der Waals surface area contributed by atoms with Gasteiger partial charge in [0.05, 0.1) is 23.4 Å². The summed E-state index contributed by atoms with van der Waals surface area (Å²) in [5.74, 6) is -0.260. The molecule has 0 bridgehead atoms. The summed E-state index contributed by atoms with van der Waals surface area (Å²) >= 11 is 4.52. The summed E-state index contributed by atoms with van der Waals surface area (Å²) in [6.45, 7) is 1.76. The molecule has 0 aromatic heterocycles. The Morgan fingerprint density at radius 2 is 1.61 bits per heavy atom. The van der Waals surface area contributed by atoms with Crippen molar-refractivity contribution < 1.29 is 18.0 Å². The highest BCUT2D eigenvalue weighted by Crippen LogP contribution is 2.21. The third kappa shape index (κ3) is 7.91. The molecule has 0 atom stereocenters. The molecular weight excluding hydrogens is 466 g/mol. The molecule has 0 spiro atoms. The second-order valence-electron chi connectivity index (χ2n) is 6.00. The smallest absolute Gasteiger partial charge is 0.234 e. The van der Waals surface area contributed by atoms with Gasteiger partial charge in [-0.2, -0.15) is 0 Å². The molecule has 0 aliphatic heterocycles. The molecule has 2 rings (SSSR count). The van der Waals surface area contributed by atoms with Crippen molar-refractivity contribution in [2.45, 2.75) is 6.92 Å². The predicted octanol–water partition coefficient (Wildman–Crippen LogP) is 3.44. The van der Waals surface area contributed by atoms with E-state index in [1.54, 1.807) is 37.3 Å². The molecule has 10 heteroatoms. The van der Waals surface area contributed by atoms with E-state index in [0.29, 0.717) is 17.1 Å². The van der Waals surface area contributed by atoms with Crippen molar-refractivity contribution in [3.63, 3.8) is 0 Å². The number of carbonyl (C=O) groups is 2. The van der Waals surface area contributed by atoms with Gasteiger partial charge in [0, 0.05) is 15.8 Å². The fraction of sp³-hybridized carbons (Fsp3) is 0.222. The third-order valence-corrected chi connectivity index (χ3v) is 5.41. The van der Waals surface area contributed by atoms with E-state index in [0.717, 1.165) is 16.3 Å². The van der Waals surface area contributed by atoms with Gasteiger partial charge in [-0.1, -0.05) is 28.1 Å². The molecule has 150 valence electrons. The van der Waals surface area contributed by atoms with Gasteiger partial charge in [-0.25, -0.2) is 8.42 Å². The molecule has 0 fully saturated rings. The lowest BCUT2D eigenvalue weighted by Gasteiger charge is -2.11. The highest BCUT2D eigenvalue weighted by atomic mass is 79.9. The van der Waals surface area contributed by atoms with Crippen LogP contribution in [-0.2, 0) is 19.6 Å². The van der Waals surface area contributed by atoms with Crippen molar-refractivity contribution in [2.24, 2.45) is 0 Å². The minimum atomic E-state index is -3.41. The van der Waals surface area contributed by atoms with Gasteiger partial charge in [0.15, 0.2) is 0 Å². The largest absolute Gasteiger partial charge is 0.325 e. The number of hydrogen-bond acceptors (Lipinski definition) is 5. The maximum atomic E-state index is 12.1.